The number of nitrogens with zero attached hydrogens (tertiary/aromatic N) is 3. The second-order valence-electron chi connectivity index (χ2n) is 8.36. The first-order chi connectivity index (χ1) is 14.5. The Morgan fingerprint density at radius 3 is 2.83 bits per heavy atom. The van der Waals surface area contributed by atoms with Crippen LogP contribution in [0.3, 0.4) is 0 Å². The van der Waals surface area contributed by atoms with E-state index in [-0.39, 0.29) is 23.1 Å². The molecule has 0 fully saturated rings. The van der Waals surface area contributed by atoms with Gasteiger partial charge in [-0.1, -0.05) is 38.1 Å². The van der Waals surface area contributed by atoms with Crippen LogP contribution in [0.15, 0.2) is 59.7 Å². The van der Waals surface area contributed by atoms with E-state index in [2.05, 4.69) is 35.9 Å². The van der Waals surface area contributed by atoms with Gasteiger partial charge in [0.05, 0.1) is 6.04 Å². The van der Waals surface area contributed by atoms with E-state index in [1.165, 1.54) is 21.5 Å². The fourth-order valence-corrected chi connectivity index (χ4v) is 4.58. The van der Waals surface area contributed by atoms with Crippen LogP contribution in [0.4, 0.5) is 0 Å². The van der Waals surface area contributed by atoms with E-state index in [0.29, 0.717) is 18.1 Å². The standard InChI is InChI=1S/C24H24N4O2/c1-15(2)13-20-22-17(16-7-3-4-8-19(16)26-22)10-12-27(20)23(29)18-14-25-21-9-5-6-11-28(21)24(18)30/h3-9,11,14-15,20,26H,10,12-13H2,1-2H3. The van der Waals surface area contributed by atoms with Gasteiger partial charge in [0.15, 0.2) is 0 Å². The number of amides is 1. The molecule has 1 unspecified atom stereocenters. The van der Waals surface area contributed by atoms with Gasteiger partial charge < -0.3 is 9.88 Å². The zero-order valence-corrected chi connectivity index (χ0v) is 17.1. The molecule has 0 bridgehead atoms. The molecule has 152 valence electrons. The fourth-order valence-electron chi connectivity index (χ4n) is 4.58. The first-order valence-electron chi connectivity index (χ1n) is 10.4. The molecular weight excluding hydrogens is 376 g/mol. The van der Waals surface area contributed by atoms with Crippen molar-refractivity contribution in [2.24, 2.45) is 5.92 Å². The SMILES string of the molecule is CC(C)CC1c2[nH]c3ccccc3c2CCN1C(=O)c1cnc2ccccn2c1=O. The first kappa shape index (κ1) is 18.6. The molecule has 4 aromatic rings. The molecule has 4 heterocycles. The molecule has 6 heteroatoms. The summed E-state index contributed by atoms with van der Waals surface area (Å²) >= 11 is 0. The molecule has 0 aliphatic carbocycles. The van der Waals surface area contributed by atoms with Crippen molar-refractivity contribution in [2.75, 3.05) is 6.54 Å². The molecule has 0 saturated heterocycles. The molecule has 6 nitrogen and oxygen atoms in total. The maximum atomic E-state index is 13.5. The molecule has 1 amide bonds. The predicted octanol–water partition coefficient (Wildman–Crippen LogP) is 3.96. The van der Waals surface area contributed by atoms with Crippen molar-refractivity contribution in [1.29, 1.82) is 0 Å². The lowest BCUT2D eigenvalue weighted by molar-refractivity contribution is 0.0630. The highest BCUT2D eigenvalue weighted by Crippen LogP contribution is 2.38. The molecule has 1 aliphatic rings. The van der Waals surface area contributed by atoms with Crippen LogP contribution in [0.25, 0.3) is 16.6 Å². The zero-order valence-electron chi connectivity index (χ0n) is 17.1. The van der Waals surface area contributed by atoms with Gasteiger partial charge in [-0.25, -0.2) is 4.98 Å². The molecule has 1 atom stereocenters. The molecule has 1 aliphatic heterocycles. The van der Waals surface area contributed by atoms with Crippen LogP contribution in [0, 0.1) is 5.92 Å². The quantitative estimate of drug-likeness (QED) is 0.566. The summed E-state index contributed by atoms with van der Waals surface area (Å²) in [5.74, 6) is 0.152. The molecule has 0 radical (unpaired) electrons. The summed E-state index contributed by atoms with van der Waals surface area (Å²) in [5, 5.41) is 1.22. The Hall–Kier alpha value is -3.41. The van der Waals surface area contributed by atoms with Gasteiger partial charge in [-0.2, -0.15) is 0 Å². The zero-order chi connectivity index (χ0) is 20.8. The molecule has 5 rings (SSSR count). The number of H-pyrrole nitrogens is 1. The number of nitrogens with one attached hydrogen (secondary N) is 1. The molecule has 30 heavy (non-hydrogen) atoms. The third kappa shape index (κ3) is 2.91. The van der Waals surface area contributed by atoms with E-state index < -0.39 is 0 Å². The summed E-state index contributed by atoms with van der Waals surface area (Å²) in [6.45, 7) is 4.90. The van der Waals surface area contributed by atoms with Crippen LogP contribution >= 0.6 is 0 Å². The Balaban J connectivity index is 1.60. The number of hydrogen-bond acceptors (Lipinski definition) is 3. The lowest BCUT2D eigenvalue weighted by atomic mass is 9.91. The molecule has 0 saturated carbocycles. The second-order valence-corrected chi connectivity index (χ2v) is 8.36. The second kappa shape index (κ2) is 7.13. The monoisotopic (exact) mass is 400 g/mol. The number of rotatable bonds is 3. The molecular formula is C24H24N4O2. The van der Waals surface area contributed by atoms with Gasteiger partial charge in [0, 0.05) is 35.5 Å². The third-order valence-electron chi connectivity index (χ3n) is 5.96. The Labute approximate surface area is 174 Å². The minimum absolute atomic E-state index is 0.0930. The topological polar surface area (TPSA) is 70.5 Å². The fraction of sp³-hybridized carbons (Fsp3) is 0.292. The highest BCUT2D eigenvalue weighted by atomic mass is 16.2. The average molecular weight is 400 g/mol. The number of carbonyl (C=O) groups excluding carboxylic acids is 1. The number of hydrogen-bond donors (Lipinski definition) is 1. The van der Waals surface area contributed by atoms with Crippen molar-refractivity contribution in [1.82, 2.24) is 19.3 Å². The predicted molar refractivity (Wildman–Crippen MR) is 117 cm³/mol. The van der Waals surface area contributed by atoms with Crippen LogP contribution in [-0.4, -0.2) is 31.7 Å². The van der Waals surface area contributed by atoms with E-state index in [1.807, 2.05) is 23.1 Å². The van der Waals surface area contributed by atoms with Gasteiger partial charge in [0.2, 0.25) is 0 Å². The third-order valence-corrected chi connectivity index (χ3v) is 5.96. The van der Waals surface area contributed by atoms with Gasteiger partial charge in [0.25, 0.3) is 11.5 Å². The Kier molecular flexibility index (Phi) is 4.42. The van der Waals surface area contributed by atoms with Gasteiger partial charge in [-0.15, -0.1) is 0 Å². The number of benzene rings is 1. The Morgan fingerprint density at radius 1 is 1.20 bits per heavy atom. The number of carbonyl (C=O) groups is 1. The normalized spacial score (nSPS) is 16.4. The van der Waals surface area contributed by atoms with Crippen LogP contribution < -0.4 is 5.56 Å². The van der Waals surface area contributed by atoms with Crippen molar-refractivity contribution >= 4 is 22.5 Å². The summed E-state index contributed by atoms with van der Waals surface area (Å²) < 4.78 is 1.43. The summed E-state index contributed by atoms with van der Waals surface area (Å²) in [7, 11) is 0. The smallest absolute Gasteiger partial charge is 0.270 e. The van der Waals surface area contributed by atoms with Crippen LogP contribution in [0.1, 0.15) is 47.9 Å². The summed E-state index contributed by atoms with van der Waals surface area (Å²) in [4.78, 5) is 36.3. The lowest BCUT2D eigenvalue weighted by Crippen LogP contribution is -2.43. The summed E-state index contributed by atoms with van der Waals surface area (Å²) in [6.07, 6.45) is 4.67. The highest BCUT2D eigenvalue weighted by molar-refractivity contribution is 5.95. The number of pyridine rings is 1. The number of para-hydroxylation sites is 1. The van der Waals surface area contributed by atoms with E-state index in [4.69, 9.17) is 0 Å². The largest absolute Gasteiger partial charge is 0.356 e. The lowest BCUT2D eigenvalue weighted by Gasteiger charge is -2.36. The van der Waals surface area contributed by atoms with Crippen molar-refractivity contribution in [3.8, 4) is 0 Å². The minimum Gasteiger partial charge on any atom is -0.356 e. The Morgan fingerprint density at radius 2 is 2.00 bits per heavy atom. The van der Waals surface area contributed by atoms with Crippen LogP contribution in [0.2, 0.25) is 0 Å². The minimum atomic E-state index is -0.323. The van der Waals surface area contributed by atoms with Gasteiger partial charge in [-0.05, 0) is 42.5 Å². The van der Waals surface area contributed by atoms with Crippen molar-refractivity contribution < 1.29 is 4.79 Å². The van der Waals surface area contributed by atoms with Gasteiger partial charge in [0.1, 0.15) is 11.2 Å². The maximum absolute atomic E-state index is 13.5. The summed E-state index contributed by atoms with van der Waals surface area (Å²) in [6, 6.07) is 13.5. The van der Waals surface area contributed by atoms with Gasteiger partial charge in [-0.3, -0.25) is 14.0 Å². The highest BCUT2D eigenvalue weighted by Gasteiger charge is 2.35. The molecule has 1 aromatic carbocycles. The molecule has 3 aromatic heterocycles. The van der Waals surface area contributed by atoms with E-state index in [1.54, 1.807) is 18.3 Å². The maximum Gasteiger partial charge on any atom is 0.270 e. The van der Waals surface area contributed by atoms with Crippen molar-refractivity contribution in [2.45, 2.75) is 32.7 Å². The van der Waals surface area contributed by atoms with Crippen molar-refractivity contribution in [3.63, 3.8) is 0 Å². The molecule has 0 spiro atoms. The number of fused-ring (bicyclic) bond motifs is 4. The van der Waals surface area contributed by atoms with E-state index in [0.717, 1.165) is 24.1 Å². The van der Waals surface area contributed by atoms with Crippen LogP contribution in [0.5, 0.6) is 0 Å². The van der Waals surface area contributed by atoms with Crippen molar-refractivity contribution in [3.05, 3.63) is 82.0 Å². The van der Waals surface area contributed by atoms with Gasteiger partial charge >= 0.3 is 0 Å². The molecule has 1 N–H and O–H groups in total. The number of aromatic nitrogens is 3. The average Bonchev–Trinajstić information content (AvgIpc) is 3.13. The van der Waals surface area contributed by atoms with E-state index in [9.17, 15) is 9.59 Å². The number of aromatic amines is 1. The Bertz CT molecular complexity index is 1320. The first-order valence-corrected chi connectivity index (χ1v) is 10.4. The van der Waals surface area contributed by atoms with E-state index >= 15 is 0 Å². The van der Waals surface area contributed by atoms with Crippen LogP contribution in [-0.2, 0) is 6.42 Å². The summed E-state index contributed by atoms with van der Waals surface area (Å²) in [5.41, 5.74) is 3.81.